The molecule has 0 fully saturated rings. The topological polar surface area (TPSA) is 112 Å². The van der Waals surface area contributed by atoms with Gasteiger partial charge < -0.3 is 14.5 Å². The van der Waals surface area contributed by atoms with E-state index in [1.165, 1.54) is 25.3 Å². The lowest BCUT2D eigenvalue weighted by molar-refractivity contribution is 0.0997. The van der Waals surface area contributed by atoms with Crippen molar-refractivity contribution in [1.29, 1.82) is 0 Å². The Kier molecular flexibility index (Phi) is 4.66. The number of amides is 1. The fourth-order valence-electron chi connectivity index (χ4n) is 2.55. The largest absolute Gasteiger partial charge is 0.495 e. The zero-order valence-corrected chi connectivity index (χ0v) is 15.4. The van der Waals surface area contributed by atoms with E-state index in [1.54, 1.807) is 25.1 Å². The SMILES string of the molecule is COc1ccc(S(N)(=O)=O)cc1NC(=O)c1oc2ccc(Cl)cc2c1C. The smallest absolute Gasteiger partial charge is 0.291 e. The maximum Gasteiger partial charge on any atom is 0.291 e. The molecular formula is C17H15ClN2O5S. The second-order valence-corrected chi connectivity index (χ2v) is 7.56. The molecular weight excluding hydrogens is 380 g/mol. The second-order valence-electron chi connectivity index (χ2n) is 5.56. The lowest BCUT2D eigenvalue weighted by Gasteiger charge is -2.11. The van der Waals surface area contributed by atoms with Crippen LogP contribution < -0.4 is 15.2 Å². The van der Waals surface area contributed by atoms with Gasteiger partial charge in [0.15, 0.2) is 5.76 Å². The maximum atomic E-state index is 12.6. The van der Waals surface area contributed by atoms with Crippen molar-refractivity contribution in [3.8, 4) is 5.75 Å². The highest BCUT2D eigenvalue weighted by atomic mass is 35.5. The Morgan fingerprint density at radius 3 is 2.62 bits per heavy atom. The first-order valence-electron chi connectivity index (χ1n) is 7.41. The van der Waals surface area contributed by atoms with Crippen LogP contribution in [0.3, 0.4) is 0 Å². The van der Waals surface area contributed by atoms with E-state index in [1.807, 2.05) is 0 Å². The first-order valence-corrected chi connectivity index (χ1v) is 9.34. The quantitative estimate of drug-likeness (QED) is 0.705. The predicted octanol–water partition coefficient (Wildman–Crippen LogP) is 3.30. The zero-order chi connectivity index (χ0) is 19.1. The third-order valence-corrected chi connectivity index (χ3v) is 5.00. The minimum atomic E-state index is -3.93. The Hall–Kier alpha value is -2.55. The predicted molar refractivity (Wildman–Crippen MR) is 98.3 cm³/mol. The van der Waals surface area contributed by atoms with Crippen molar-refractivity contribution < 1.29 is 22.4 Å². The Morgan fingerprint density at radius 2 is 1.96 bits per heavy atom. The Labute approximate surface area is 154 Å². The van der Waals surface area contributed by atoms with Crippen LogP contribution in [0.5, 0.6) is 5.75 Å². The van der Waals surface area contributed by atoms with Crippen molar-refractivity contribution in [2.75, 3.05) is 12.4 Å². The number of furan rings is 1. The first kappa shape index (κ1) is 18.2. The fraction of sp³-hybridized carbons (Fsp3) is 0.118. The summed E-state index contributed by atoms with van der Waals surface area (Å²) in [4.78, 5) is 12.5. The van der Waals surface area contributed by atoms with E-state index in [-0.39, 0.29) is 22.1 Å². The number of primary sulfonamides is 1. The summed E-state index contributed by atoms with van der Waals surface area (Å²) < 4.78 is 33.8. The zero-order valence-electron chi connectivity index (χ0n) is 13.9. The molecule has 0 bridgehead atoms. The molecule has 136 valence electrons. The normalized spacial score (nSPS) is 11.5. The first-order chi connectivity index (χ1) is 12.2. The molecule has 0 spiro atoms. The van der Waals surface area contributed by atoms with Gasteiger partial charge in [-0.05, 0) is 43.3 Å². The molecule has 0 saturated carbocycles. The highest BCUT2D eigenvalue weighted by molar-refractivity contribution is 7.89. The van der Waals surface area contributed by atoms with Crippen molar-refractivity contribution in [3.63, 3.8) is 0 Å². The summed E-state index contributed by atoms with van der Waals surface area (Å²) in [7, 11) is -2.53. The molecule has 1 amide bonds. The number of nitrogens with two attached hydrogens (primary N) is 1. The summed E-state index contributed by atoms with van der Waals surface area (Å²) in [5.74, 6) is -0.187. The number of ether oxygens (including phenoxy) is 1. The molecule has 26 heavy (non-hydrogen) atoms. The van der Waals surface area contributed by atoms with Crippen LogP contribution in [0.1, 0.15) is 16.1 Å². The number of aryl methyl sites for hydroxylation is 1. The van der Waals surface area contributed by atoms with E-state index in [0.29, 0.717) is 21.6 Å². The molecule has 0 unspecified atom stereocenters. The maximum absolute atomic E-state index is 12.6. The van der Waals surface area contributed by atoms with E-state index in [0.717, 1.165) is 0 Å². The third kappa shape index (κ3) is 3.39. The van der Waals surface area contributed by atoms with Gasteiger partial charge in [-0.2, -0.15) is 0 Å². The number of rotatable bonds is 4. The summed E-state index contributed by atoms with van der Waals surface area (Å²) in [6.07, 6.45) is 0. The molecule has 0 aliphatic heterocycles. The van der Waals surface area contributed by atoms with Crippen LogP contribution in [-0.2, 0) is 10.0 Å². The molecule has 3 aromatic rings. The molecule has 1 heterocycles. The molecule has 1 aromatic heterocycles. The molecule has 0 atom stereocenters. The minimum absolute atomic E-state index is 0.0883. The Morgan fingerprint density at radius 1 is 1.23 bits per heavy atom. The number of carbonyl (C=O) groups is 1. The molecule has 0 aliphatic rings. The van der Waals surface area contributed by atoms with Gasteiger partial charge in [0.25, 0.3) is 5.91 Å². The van der Waals surface area contributed by atoms with Gasteiger partial charge in [-0.15, -0.1) is 0 Å². The van der Waals surface area contributed by atoms with Gasteiger partial charge in [0.05, 0.1) is 17.7 Å². The molecule has 3 N–H and O–H groups in total. The summed E-state index contributed by atoms with van der Waals surface area (Å²) >= 11 is 5.98. The lowest BCUT2D eigenvalue weighted by atomic mass is 10.1. The monoisotopic (exact) mass is 394 g/mol. The fourth-order valence-corrected chi connectivity index (χ4v) is 3.26. The molecule has 2 aromatic carbocycles. The van der Waals surface area contributed by atoms with Crippen molar-refractivity contribution in [1.82, 2.24) is 0 Å². The highest BCUT2D eigenvalue weighted by Gasteiger charge is 2.20. The number of hydrogen-bond acceptors (Lipinski definition) is 5. The van der Waals surface area contributed by atoms with Crippen molar-refractivity contribution in [3.05, 3.63) is 52.7 Å². The molecule has 0 saturated heterocycles. The summed E-state index contributed by atoms with van der Waals surface area (Å²) in [5, 5.41) is 8.97. The van der Waals surface area contributed by atoms with Gasteiger partial charge in [-0.3, -0.25) is 4.79 Å². The van der Waals surface area contributed by atoms with Crippen LogP contribution in [0.15, 0.2) is 45.7 Å². The molecule has 3 rings (SSSR count). The van der Waals surface area contributed by atoms with Crippen LogP contribution >= 0.6 is 11.6 Å². The number of sulfonamides is 1. The summed E-state index contributed by atoms with van der Waals surface area (Å²) in [6, 6.07) is 8.95. The second kappa shape index (κ2) is 6.64. The number of halogens is 1. The summed E-state index contributed by atoms with van der Waals surface area (Å²) in [5.41, 5.74) is 1.28. The number of fused-ring (bicyclic) bond motifs is 1. The van der Waals surface area contributed by atoms with Crippen LogP contribution in [0.25, 0.3) is 11.0 Å². The van der Waals surface area contributed by atoms with Crippen LogP contribution in [0.2, 0.25) is 5.02 Å². The Balaban J connectivity index is 2.01. The number of anilines is 1. The molecule has 7 nitrogen and oxygen atoms in total. The molecule has 0 radical (unpaired) electrons. The van der Waals surface area contributed by atoms with Crippen LogP contribution in [-0.4, -0.2) is 21.4 Å². The van der Waals surface area contributed by atoms with Crippen molar-refractivity contribution >= 4 is 44.2 Å². The average Bonchev–Trinajstić information content (AvgIpc) is 2.90. The lowest BCUT2D eigenvalue weighted by Crippen LogP contribution is -2.15. The van der Waals surface area contributed by atoms with E-state index >= 15 is 0 Å². The number of methoxy groups -OCH3 is 1. The van der Waals surface area contributed by atoms with E-state index in [2.05, 4.69) is 5.32 Å². The standard InChI is InChI=1S/C17H15ClN2O5S/c1-9-12-7-10(18)3-5-14(12)25-16(9)17(21)20-13-8-11(26(19,22)23)4-6-15(13)24-2/h3-8H,1-2H3,(H,20,21)(H2,19,22,23). The van der Waals surface area contributed by atoms with Gasteiger partial charge in [0.2, 0.25) is 10.0 Å². The van der Waals surface area contributed by atoms with Gasteiger partial charge in [0.1, 0.15) is 11.3 Å². The van der Waals surface area contributed by atoms with Gasteiger partial charge in [-0.1, -0.05) is 11.6 Å². The minimum Gasteiger partial charge on any atom is -0.495 e. The number of benzene rings is 2. The van der Waals surface area contributed by atoms with Gasteiger partial charge in [0, 0.05) is 16.0 Å². The van der Waals surface area contributed by atoms with Gasteiger partial charge in [-0.25, -0.2) is 13.6 Å². The average molecular weight is 395 g/mol. The van der Waals surface area contributed by atoms with Crippen molar-refractivity contribution in [2.24, 2.45) is 5.14 Å². The van der Waals surface area contributed by atoms with E-state index < -0.39 is 15.9 Å². The van der Waals surface area contributed by atoms with Crippen LogP contribution in [0, 0.1) is 6.92 Å². The van der Waals surface area contributed by atoms with Crippen molar-refractivity contribution in [2.45, 2.75) is 11.8 Å². The van der Waals surface area contributed by atoms with Gasteiger partial charge >= 0.3 is 0 Å². The number of nitrogens with one attached hydrogen (secondary N) is 1. The molecule has 0 aliphatic carbocycles. The number of carbonyl (C=O) groups excluding carboxylic acids is 1. The number of hydrogen-bond donors (Lipinski definition) is 2. The Bertz CT molecular complexity index is 1120. The van der Waals surface area contributed by atoms with Crippen LogP contribution in [0.4, 0.5) is 5.69 Å². The highest BCUT2D eigenvalue weighted by Crippen LogP contribution is 2.31. The van der Waals surface area contributed by atoms with E-state index in [4.69, 9.17) is 25.9 Å². The molecule has 9 heteroatoms. The third-order valence-electron chi connectivity index (χ3n) is 3.85. The summed E-state index contributed by atoms with van der Waals surface area (Å²) in [6.45, 7) is 1.73. The van der Waals surface area contributed by atoms with E-state index in [9.17, 15) is 13.2 Å².